The molecule has 2 nitrogen and oxygen atoms in total. The van der Waals surface area contributed by atoms with Crippen LogP contribution in [0.15, 0.2) is 30.3 Å². The number of carbonyl (C=O) groups excluding carboxylic acids is 1. The highest BCUT2D eigenvalue weighted by atomic mass is 16.1. The van der Waals surface area contributed by atoms with Gasteiger partial charge in [-0.1, -0.05) is 51.1 Å². The summed E-state index contributed by atoms with van der Waals surface area (Å²) in [6, 6.07) is 10.5. The second-order valence-electron chi connectivity index (χ2n) is 6.41. The van der Waals surface area contributed by atoms with Gasteiger partial charge in [-0.15, -0.1) is 0 Å². The molecular formula is C18H27NO. The number of hydrogen-bond acceptors (Lipinski definition) is 2. The van der Waals surface area contributed by atoms with E-state index in [1.54, 1.807) is 0 Å². The number of benzene rings is 1. The minimum Gasteiger partial charge on any atom is -0.299 e. The molecule has 2 rings (SSSR count). The summed E-state index contributed by atoms with van der Waals surface area (Å²) in [5, 5.41) is 0. The number of rotatable bonds is 5. The summed E-state index contributed by atoms with van der Waals surface area (Å²) < 4.78 is 0. The van der Waals surface area contributed by atoms with E-state index in [0.29, 0.717) is 17.6 Å². The Kier molecular flexibility index (Phi) is 5.36. The molecule has 20 heavy (non-hydrogen) atoms. The van der Waals surface area contributed by atoms with Crippen LogP contribution < -0.4 is 0 Å². The molecule has 0 heterocycles. The van der Waals surface area contributed by atoms with E-state index in [1.165, 1.54) is 12.0 Å². The predicted octanol–water partition coefficient (Wildman–Crippen LogP) is 3.76. The lowest BCUT2D eigenvalue weighted by Gasteiger charge is -2.35. The third-order valence-electron chi connectivity index (χ3n) is 4.58. The molecule has 0 aromatic heterocycles. The summed E-state index contributed by atoms with van der Waals surface area (Å²) in [6.07, 6.45) is 1.97. The minimum atomic E-state index is 0.231. The molecule has 0 saturated heterocycles. The zero-order valence-corrected chi connectivity index (χ0v) is 13.0. The van der Waals surface area contributed by atoms with Crippen molar-refractivity contribution in [1.29, 1.82) is 0 Å². The Bertz CT molecular complexity index is 428. The van der Waals surface area contributed by atoms with Gasteiger partial charge in [0.15, 0.2) is 0 Å². The second-order valence-corrected chi connectivity index (χ2v) is 6.41. The predicted molar refractivity (Wildman–Crippen MR) is 83.5 cm³/mol. The van der Waals surface area contributed by atoms with Gasteiger partial charge in [0, 0.05) is 25.4 Å². The fourth-order valence-corrected chi connectivity index (χ4v) is 3.40. The molecule has 1 saturated carbocycles. The highest BCUT2D eigenvalue weighted by molar-refractivity contribution is 5.82. The summed E-state index contributed by atoms with van der Waals surface area (Å²) in [5.74, 6) is 1.80. The Hall–Kier alpha value is -1.15. The van der Waals surface area contributed by atoms with Crippen molar-refractivity contribution in [2.75, 3.05) is 13.1 Å². The molecule has 0 bridgehead atoms. The first-order chi connectivity index (χ1) is 9.60. The topological polar surface area (TPSA) is 20.3 Å². The lowest BCUT2D eigenvalue weighted by atomic mass is 9.74. The van der Waals surface area contributed by atoms with E-state index in [4.69, 9.17) is 0 Å². The SMILES string of the molecule is CCN(Cc1ccccc1)CC1C(=O)CC(C)CC1C. The molecule has 0 spiro atoms. The molecule has 3 unspecified atom stereocenters. The fourth-order valence-electron chi connectivity index (χ4n) is 3.40. The number of Topliss-reactive ketones (excluding diaryl/α,β-unsaturated/α-hetero) is 1. The first kappa shape index (κ1) is 15.2. The Morgan fingerprint density at radius 1 is 1.20 bits per heavy atom. The summed E-state index contributed by atoms with van der Waals surface area (Å²) in [4.78, 5) is 14.7. The van der Waals surface area contributed by atoms with Gasteiger partial charge in [0.25, 0.3) is 0 Å². The number of carbonyl (C=O) groups is 1. The van der Waals surface area contributed by atoms with E-state index >= 15 is 0 Å². The van der Waals surface area contributed by atoms with Crippen molar-refractivity contribution in [3.05, 3.63) is 35.9 Å². The van der Waals surface area contributed by atoms with Crippen molar-refractivity contribution in [3.63, 3.8) is 0 Å². The van der Waals surface area contributed by atoms with E-state index in [1.807, 2.05) is 6.07 Å². The number of ketones is 1. The van der Waals surface area contributed by atoms with Gasteiger partial charge in [-0.3, -0.25) is 9.69 Å². The molecular weight excluding hydrogens is 246 g/mol. The van der Waals surface area contributed by atoms with Gasteiger partial charge < -0.3 is 0 Å². The summed E-state index contributed by atoms with van der Waals surface area (Å²) in [7, 11) is 0. The average Bonchev–Trinajstić information content (AvgIpc) is 2.42. The zero-order chi connectivity index (χ0) is 14.5. The minimum absolute atomic E-state index is 0.231. The maximum absolute atomic E-state index is 12.3. The van der Waals surface area contributed by atoms with Crippen molar-refractivity contribution >= 4 is 5.78 Å². The number of hydrogen-bond donors (Lipinski definition) is 0. The van der Waals surface area contributed by atoms with Crippen molar-refractivity contribution in [2.45, 2.75) is 40.2 Å². The van der Waals surface area contributed by atoms with Crippen LogP contribution in [0, 0.1) is 17.8 Å². The van der Waals surface area contributed by atoms with Gasteiger partial charge in [0.1, 0.15) is 5.78 Å². The van der Waals surface area contributed by atoms with Crippen LogP contribution in [0.1, 0.15) is 39.2 Å². The lowest BCUT2D eigenvalue weighted by Crippen LogP contribution is -2.40. The molecule has 0 radical (unpaired) electrons. The molecule has 1 aliphatic rings. The van der Waals surface area contributed by atoms with Gasteiger partial charge in [-0.25, -0.2) is 0 Å². The fraction of sp³-hybridized carbons (Fsp3) is 0.611. The third-order valence-corrected chi connectivity index (χ3v) is 4.58. The summed E-state index contributed by atoms with van der Waals surface area (Å²) in [6.45, 7) is 9.49. The summed E-state index contributed by atoms with van der Waals surface area (Å²) in [5.41, 5.74) is 1.33. The quantitative estimate of drug-likeness (QED) is 0.814. The van der Waals surface area contributed by atoms with Gasteiger partial charge in [0.05, 0.1) is 0 Å². The van der Waals surface area contributed by atoms with Crippen LogP contribution in [0.25, 0.3) is 0 Å². The van der Waals surface area contributed by atoms with Crippen molar-refractivity contribution in [2.24, 2.45) is 17.8 Å². The lowest BCUT2D eigenvalue weighted by molar-refractivity contribution is -0.128. The standard InChI is InChI=1S/C18H27NO/c1-4-19(12-16-8-6-5-7-9-16)13-17-15(3)10-14(2)11-18(17)20/h5-9,14-15,17H,4,10-13H2,1-3H3. The number of nitrogens with zero attached hydrogens (tertiary/aromatic N) is 1. The molecule has 1 fully saturated rings. The first-order valence-corrected chi connectivity index (χ1v) is 7.89. The Labute approximate surface area is 123 Å². The van der Waals surface area contributed by atoms with Crippen LogP contribution in [-0.2, 0) is 11.3 Å². The van der Waals surface area contributed by atoms with E-state index < -0.39 is 0 Å². The largest absolute Gasteiger partial charge is 0.299 e. The van der Waals surface area contributed by atoms with Crippen LogP contribution in [0.4, 0.5) is 0 Å². The molecule has 110 valence electrons. The van der Waals surface area contributed by atoms with Gasteiger partial charge in [0.2, 0.25) is 0 Å². The molecule has 0 amide bonds. The average molecular weight is 273 g/mol. The maximum Gasteiger partial charge on any atom is 0.137 e. The Morgan fingerprint density at radius 2 is 1.90 bits per heavy atom. The van der Waals surface area contributed by atoms with Gasteiger partial charge in [-0.05, 0) is 30.4 Å². The molecule has 1 aromatic carbocycles. The van der Waals surface area contributed by atoms with E-state index in [2.05, 4.69) is 49.9 Å². The van der Waals surface area contributed by atoms with E-state index in [0.717, 1.165) is 26.1 Å². The van der Waals surface area contributed by atoms with E-state index in [9.17, 15) is 4.79 Å². The van der Waals surface area contributed by atoms with Crippen molar-refractivity contribution in [3.8, 4) is 0 Å². The highest BCUT2D eigenvalue weighted by Crippen LogP contribution is 2.31. The van der Waals surface area contributed by atoms with Crippen LogP contribution in [-0.4, -0.2) is 23.8 Å². The normalized spacial score (nSPS) is 27.0. The molecule has 2 heteroatoms. The van der Waals surface area contributed by atoms with Crippen LogP contribution in [0.5, 0.6) is 0 Å². The molecule has 0 aliphatic heterocycles. The van der Waals surface area contributed by atoms with Gasteiger partial charge in [-0.2, -0.15) is 0 Å². The zero-order valence-electron chi connectivity index (χ0n) is 13.0. The van der Waals surface area contributed by atoms with Crippen LogP contribution in [0.2, 0.25) is 0 Å². The van der Waals surface area contributed by atoms with E-state index in [-0.39, 0.29) is 5.92 Å². The van der Waals surface area contributed by atoms with Crippen molar-refractivity contribution in [1.82, 2.24) is 4.90 Å². The highest BCUT2D eigenvalue weighted by Gasteiger charge is 2.33. The van der Waals surface area contributed by atoms with Crippen molar-refractivity contribution < 1.29 is 4.79 Å². The monoisotopic (exact) mass is 273 g/mol. The first-order valence-electron chi connectivity index (χ1n) is 7.89. The molecule has 1 aromatic rings. The second kappa shape index (κ2) is 7.03. The van der Waals surface area contributed by atoms with Crippen LogP contribution in [0.3, 0.4) is 0 Å². The smallest absolute Gasteiger partial charge is 0.137 e. The third kappa shape index (κ3) is 3.92. The molecule has 1 aliphatic carbocycles. The Balaban J connectivity index is 1.97. The molecule has 3 atom stereocenters. The Morgan fingerprint density at radius 3 is 2.50 bits per heavy atom. The summed E-state index contributed by atoms with van der Waals surface area (Å²) >= 11 is 0. The maximum atomic E-state index is 12.3. The van der Waals surface area contributed by atoms with Crippen LogP contribution >= 0.6 is 0 Å². The van der Waals surface area contributed by atoms with Gasteiger partial charge >= 0.3 is 0 Å². The molecule has 0 N–H and O–H groups in total.